The second-order valence-electron chi connectivity index (χ2n) is 6.23. The summed E-state index contributed by atoms with van der Waals surface area (Å²) in [6.45, 7) is 10.1. The van der Waals surface area contributed by atoms with Gasteiger partial charge in [0, 0.05) is 39.8 Å². The molecule has 0 aliphatic carbocycles. The summed E-state index contributed by atoms with van der Waals surface area (Å²) in [5.41, 5.74) is 1.33. The van der Waals surface area contributed by atoms with E-state index >= 15 is 0 Å². The largest absolute Gasteiger partial charge is 0.494 e. The first kappa shape index (κ1) is 16.9. The van der Waals surface area contributed by atoms with Gasteiger partial charge in [-0.3, -0.25) is 9.80 Å². The summed E-state index contributed by atoms with van der Waals surface area (Å²) in [6.07, 6.45) is 0. The van der Waals surface area contributed by atoms with Crippen LogP contribution in [0.1, 0.15) is 31.3 Å². The van der Waals surface area contributed by atoms with Crippen LogP contribution in [0.4, 0.5) is 0 Å². The van der Waals surface area contributed by atoms with E-state index in [2.05, 4.69) is 56.5 Å². The predicted molar refractivity (Wildman–Crippen MR) is 91.7 cm³/mol. The van der Waals surface area contributed by atoms with Crippen LogP contribution < -0.4 is 4.74 Å². The van der Waals surface area contributed by atoms with E-state index in [1.165, 1.54) is 5.56 Å². The minimum absolute atomic E-state index is 0.248. The molecule has 0 radical (unpaired) electrons. The van der Waals surface area contributed by atoms with E-state index in [0.717, 1.165) is 44.3 Å². The van der Waals surface area contributed by atoms with Crippen molar-refractivity contribution in [1.29, 1.82) is 0 Å². The highest BCUT2D eigenvalue weighted by Gasteiger charge is 2.25. The van der Waals surface area contributed by atoms with E-state index in [1.54, 1.807) is 4.68 Å². The number of benzene rings is 1. The van der Waals surface area contributed by atoms with Gasteiger partial charge >= 0.3 is 0 Å². The van der Waals surface area contributed by atoms with Crippen molar-refractivity contribution in [3.8, 4) is 5.75 Å². The van der Waals surface area contributed by atoms with Crippen LogP contribution in [0, 0.1) is 0 Å². The second kappa shape index (κ2) is 7.72. The molecule has 3 rings (SSSR count). The molecule has 24 heavy (non-hydrogen) atoms. The highest BCUT2D eigenvalue weighted by Crippen LogP contribution is 2.20. The van der Waals surface area contributed by atoms with Gasteiger partial charge in [-0.2, -0.15) is 0 Å². The van der Waals surface area contributed by atoms with Crippen LogP contribution in [0.3, 0.4) is 0 Å². The summed E-state index contributed by atoms with van der Waals surface area (Å²) in [6, 6.07) is 8.67. The smallest absolute Gasteiger partial charge is 0.167 e. The molecule has 7 nitrogen and oxygen atoms in total. The monoisotopic (exact) mass is 330 g/mol. The molecule has 1 aliphatic heterocycles. The van der Waals surface area contributed by atoms with Crippen molar-refractivity contribution in [2.75, 3.05) is 32.8 Å². The van der Waals surface area contributed by atoms with Gasteiger partial charge in [-0.1, -0.05) is 12.1 Å². The molecule has 0 bridgehead atoms. The average molecular weight is 330 g/mol. The summed E-state index contributed by atoms with van der Waals surface area (Å²) < 4.78 is 7.26. The number of nitrogens with zero attached hydrogens (tertiary/aromatic N) is 6. The zero-order valence-corrected chi connectivity index (χ0v) is 14.7. The molecule has 2 heterocycles. The molecule has 1 atom stereocenters. The van der Waals surface area contributed by atoms with E-state index in [1.807, 2.05) is 14.0 Å². The van der Waals surface area contributed by atoms with Gasteiger partial charge in [-0.05, 0) is 42.0 Å². The molecule has 1 aliphatic rings. The first-order valence-corrected chi connectivity index (χ1v) is 8.57. The third-order valence-corrected chi connectivity index (χ3v) is 4.62. The highest BCUT2D eigenvalue weighted by molar-refractivity contribution is 5.27. The molecule has 130 valence electrons. The molecule has 1 saturated heterocycles. The lowest BCUT2D eigenvalue weighted by atomic mass is 10.1. The maximum atomic E-state index is 5.50. The van der Waals surface area contributed by atoms with Crippen LogP contribution in [0.15, 0.2) is 24.3 Å². The normalized spacial score (nSPS) is 17.8. The Kier molecular flexibility index (Phi) is 5.42. The van der Waals surface area contributed by atoms with Crippen molar-refractivity contribution in [3.05, 3.63) is 35.7 Å². The van der Waals surface area contributed by atoms with E-state index in [9.17, 15) is 0 Å². The molecule has 0 saturated carbocycles. The third kappa shape index (κ3) is 3.91. The minimum atomic E-state index is 0.248. The number of ether oxygens (including phenoxy) is 1. The van der Waals surface area contributed by atoms with Gasteiger partial charge in [0.05, 0.1) is 12.6 Å². The van der Waals surface area contributed by atoms with Gasteiger partial charge in [0.2, 0.25) is 0 Å². The van der Waals surface area contributed by atoms with Crippen LogP contribution in [-0.2, 0) is 13.6 Å². The van der Waals surface area contributed by atoms with Crippen LogP contribution in [-0.4, -0.2) is 62.8 Å². The number of aryl methyl sites for hydroxylation is 1. The zero-order valence-electron chi connectivity index (χ0n) is 14.7. The number of hydrogen-bond donors (Lipinski definition) is 0. The van der Waals surface area contributed by atoms with Crippen molar-refractivity contribution < 1.29 is 4.74 Å². The SMILES string of the molecule is CCOc1ccc(CN2CCN([C@@H](C)c3nnnn3C)CC2)cc1. The Bertz CT molecular complexity index is 633. The standard InChI is InChI=1S/C17H26N6O/c1-4-24-16-7-5-15(6-8-16)13-22-9-11-23(12-10-22)14(2)17-18-19-20-21(17)3/h5-8,14H,4,9-13H2,1-3H3/t14-/m0/s1. The Hall–Kier alpha value is -1.99. The van der Waals surface area contributed by atoms with E-state index < -0.39 is 0 Å². The Morgan fingerprint density at radius 1 is 1.12 bits per heavy atom. The first-order valence-electron chi connectivity index (χ1n) is 8.57. The van der Waals surface area contributed by atoms with Crippen molar-refractivity contribution in [3.63, 3.8) is 0 Å². The molecule has 7 heteroatoms. The number of hydrogen-bond acceptors (Lipinski definition) is 6. The topological polar surface area (TPSA) is 59.3 Å². The molecule has 0 N–H and O–H groups in total. The van der Waals surface area contributed by atoms with Crippen molar-refractivity contribution in [2.24, 2.45) is 7.05 Å². The first-order chi connectivity index (χ1) is 11.7. The van der Waals surface area contributed by atoms with Gasteiger partial charge in [-0.25, -0.2) is 4.68 Å². The van der Waals surface area contributed by atoms with E-state index in [4.69, 9.17) is 4.74 Å². The van der Waals surface area contributed by atoms with Crippen LogP contribution in [0.2, 0.25) is 0 Å². The molecule has 2 aromatic rings. The van der Waals surface area contributed by atoms with Gasteiger partial charge < -0.3 is 4.74 Å². The zero-order chi connectivity index (χ0) is 16.9. The van der Waals surface area contributed by atoms with Crippen molar-refractivity contribution >= 4 is 0 Å². The fraction of sp³-hybridized carbons (Fsp3) is 0.588. The summed E-state index contributed by atoms with van der Waals surface area (Å²) in [4.78, 5) is 4.94. The van der Waals surface area contributed by atoms with Crippen molar-refractivity contribution in [2.45, 2.75) is 26.4 Å². The maximum absolute atomic E-state index is 5.50. The minimum Gasteiger partial charge on any atom is -0.494 e. The van der Waals surface area contributed by atoms with Gasteiger partial charge in [0.15, 0.2) is 5.82 Å². The van der Waals surface area contributed by atoms with E-state index in [0.29, 0.717) is 6.61 Å². The van der Waals surface area contributed by atoms with E-state index in [-0.39, 0.29) is 6.04 Å². The molecular weight excluding hydrogens is 304 g/mol. The Morgan fingerprint density at radius 2 is 1.83 bits per heavy atom. The van der Waals surface area contributed by atoms with Gasteiger partial charge in [0.25, 0.3) is 0 Å². The predicted octanol–water partition coefficient (Wildman–Crippen LogP) is 1.49. The highest BCUT2D eigenvalue weighted by atomic mass is 16.5. The molecule has 1 aromatic heterocycles. The Morgan fingerprint density at radius 3 is 2.42 bits per heavy atom. The van der Waals surface area contributed by atoms with Crippen LogP contribution >= 0.6 is 0 Å². The second-order valence-corrected chi connectivity index (χ2v) is 6.23. The van der Waals surface area contributed by atoms with Crippen LogP contribution in [0.5, 0.6) is 5.75 Å². The number of piperazine rings is 1. The Balaban J connectivity index is 1.51. The fourth-order valence-electron chi connectivity index (χ4n) is 3.18. The fourth-order valence-corrected chi connectivity index (χ4v) is 3.18. The average Bonchev–Trinajstić information content (AvgIpc) is 3.03. The molecule has 0 spiro atoms. The molecule has 0 amide bonds. The maximum Gasteiger partial charge on any atom is 0.167 e. The lowest BCUT2D eigenvalue weighted by Crippen LogP contribution is -2.47. The lowest BCUT2D eigenvalue weighted by Gasteiger charge is -2.37. The molecule has 1 aromatic carbocycles. The van der Waals surface area contributed by atoms with Gasteiger partial charge in [0.1, 0.15) is 5.75 Å². The quantitative estimate of drug-likeness (QED) is 0.800. The third-order valence-electron chi connectivity index (χ3n) is 4.62. The summed E-state index contributed by atoms with van der Waals surface area (Å²) in [5.74, 6) is 1.87. The van der Waals surface area contributed by atoms with Gasteiger partial charge in [-0.15, -0.1) is 5.10 Å². The molecule has 0 unspecified atom stereocenters. The van der Waals surface area contributed by atoms with Crippen LogP contribution in [0.25, 0.3) is 0 Å². The Labute approximate surface area is 143 Å². The number of rotatable bonds is 6. The lowest BCUT2D eigenvalue weighted by molar-refractivity contribution is 0.0933. The molecule has 1 fully saturated rings. The summed E-state index contributed by atoms with van der Waals surface area (Å²) >= 11 is 0. The van der Waals surface area contributed by atoms with Crippen molar-refractivity contribution in [1.82, 2.24) is 30.0 Å². The summed E-state index contributed by atoms with van der Waals surface area (Å²) in [7, 11) is 1.90. The number of aromatic nitrogens is 4. The number of tetrazole rings is 1. The summed E-state index contributed by atoms with van der Waals surface area (Å²) in [5, 5.41) is 11.8. The molecular formula is C17H26N6O.